The fourth-order valence-electron chi connectivity index (χ4n) is 2.87. The minimum absolute atomic E-state index is 0.273. The SMILES string of the molecule is C=CCOc1ccc(CN(C)Cn2nc(-c3ccc(F)cc3)n(C)c2=S)cc1. The van der Waals surface area contributed by atoms with Crippen molar-refractivity contribution in [3.05, 3.63) is 77.3 Å². The maximum absolute atomic E-state index is 13.2. The van der Waals surface area contributed by atoms with E-state index in [0.29, 0.717) is 23.9 Å². The molecule has 0 saturated heterocycles. The molecule has 0 aliphatic carbocycles. The van der Waals surface area contributed by atoms with E-state index in [0.717, 1.165) is 23.4 Å². The summed E-state index contributed by atoms with van der Waals surface area (Å²) < 4.78 is 22.9. The molecule has 0 spiro atoms. The molecular weight excluding hydrogens is 375 g/mol. The summed E-state index contributed by atoms with van der Waals surface area (Å²) in [6, 6.07) is 14.2. The number of rotatable bonds is 8. The Kier molecular flexibility index (Phi) is 6.38. The monoisotopic (exact) mass is 398 g/mol. The second-order valence-electron chi connectivity index (χ2n) is 6.57. The van der Waals surface area contributed by atoms with E-state index in [1.165, 1.54) is 12.1 Å². The minimum atomic E-state index is -0.273. The van der Waals surface area contributed by atoms with Crippen LogP contribution in [0.15, 0.2) is 61.2 Å². The Morgan fingerprint density at radius 1 is 1.18 bits per heavy atom. The Hall–Kier alpha value is -2.77. The van der Waals surface area contributed by atoms with Gasteiger partial charge in [-0.25, -0.2) is 9.07 Å². The van der Waals surface area contributed by atoms with Gasteiger partial charge < -0.3 is 9.30 Å². The number of hydrogen-bond donors (Lipinski definition) is 0. The van der Waals surface area contributed by atoms with Crippen molar-refractivity contribution in [1.29, 1.82) is 0 Å². The third-order valence-corrected chi connectivity index (χ3v) is 4.75. The highest BCUT2D eigenvalue weighted by Gasteiger charge is 2.12. The molecular formula is C21H23FN4OS. The largest absolute Gasteiger partial charge is 0.490 e. The van der Waals surface area contributed by atoms with Crippen LogP contribution in [-0.4, -0.2) is 32.9 Å². The molecule has 1 aromatic heterocycles. The van der Waals surface area contributed by atoms with Crippen molar-refractivity contribution >= 4 is 12.2 Å². The molecule has 0 bridgehead atoms. The highest BCUT2D eigenvalue weighted by atomic mass is 32.1. The minimum Gasteiger partial charge on any atom is -0.490 e. The predicted molar refractivity (Wildman–Crippen MR) is 111 cm³/mol. The number of halogens is 1. The van der Waals surface area contributed by atoms with E-state index in [9.17, 15) is 4.39 Å². The lowest BCUT2D eigenvalue weighted by molar-refractivity contribution is 0.244. The molecule has 7 heteroatoms. The molecule has 0 aliphatic heterocycles. The van der Waals surface area contributed by atoms with Crippen molar-refractivity contribution in [3.8, 4) is 17.1 Å². The van der Waals surface area contributed by atoms with Gasteiger partial charge in [0.2, 0.25) is 0 Å². The van der Waals surface area contributed by atoms with Crippen molar-refractivity contribution in [2.45, 2.75) is 13.2 Å². The fraction of sp³-hybridized carbons (Fsp3) is 0.238. The van der Waals surface area contributed by atoms with Gasteiger partial charge in [0.25, 0.3) is 0 Å². The highest BCUT2D eigenvalue weighted by molar-refractivity contribution is 7.71. The van der Waals surface area contributed by atoms with Crippen molar-refractivity contribution in [2.24, 2.45) is 7.05 Å². The van der Waals surface area contributed by atoms with Crippen LogP contribution in [-0.2, 0) is 20.3 Å². The summed E-state index contributed by atoms with van der Waals surface area (Å²) in [5.74, 6) is 1.26. The van der Waals surface area contributed by atoms with Crippen LogP contribution in [0.3, 0.4) is 0 Å². The van der Waals surface area contributed by atoms with E-state index in [1.807, 2.05) is 42.9 Å². The van der Waals surface area contributed by atoms with Crippen molar-refractivity contribution < 1.29 is 9.13 Å². The molecule has 0 aliphatic rings. The molecule has 0 atom stereocenters. The van der Waals surface area contributed by atoms with Crippen LogP contribution in [0.4, 0.5) is 4.39 Å². The molecule has 2 aromatic carbocycles. The fourth-order valence-corrected chi connectivity index (χ4v) is 3.05. The van der Waals surface area contributed by atoms with Crippen LogP contribution in [0.25, 0.3) is 11.4 Å². The molecule has 0 saturated carbocycles. The van der Waals surface area contributed by atoms with Gasteiger partial charge in [-0.15, -0.1) is 0 Å². The predicted octanol–water partition coefficient (Wildman–Crippen LogP) is 4.41. The zero-order valence-electron chi connectivity index (χ0n) is 16.0. The number of aromatic nitrogens is 3. The highest BCUT2D eigenvalue weighted by Crippen LogP contribution is 2.18. The van der Waals surface area contributed by atoms with Crippen LogP contribution < -0.4 is 4.74 Å². The molecule has 146 valence electrons. The van der Waals surface area contributed by atoms with E-state index >= 15 is 0 Å². The van der Waals surface area contributed by atoms with Gasteiger partial charge >= 0.3 is 0 Å². The Morgan fingerprint density at radius 2 is 1.86 bits per heavy atom. The van der Waals surface area contributed by atoms with Gasteiger partial charge in [0.05, 0.1) is 6.67 Å². The number of hydrogen-bond acceptors (Lipinski definition) is 4. The Labute approximate surface area is 169 Å². The van der Waals surface area contributed by atoms with Crippen molar-refractivity contribution in [2.75, 3.05) is 13.7 Å². The molecule has 0 N–H and O–H groups in total. The summed E-state index contributed by atoms with van der Waals surface area (Å²) in [6.45, 7) is 5.42. The number of ether oxygens (including phenoxy) is 1. The van der Waals surface area contributed by atoms with Gasteiger partial charge in [-0.1, -0.05) is 24.8 Å². The Balaban J connectivity index is 1.69. The number of nitrogens with zero attached hydrogens (tertiary/aromatic N) is 4. The van der Waals surface area contributed by atoms with E-state index in [-0.39, 0.29) is 5.82 Å². The lowest BCUT2D eigenvalue weighted by Gasteiger charge is -2.16. The van der Waals surface area contributed by atoms with Gasteiger partial charge in [0, 0.05) is 19.2 Å². The summed E-state index contributed by atoms with van der Waals surface area (Å²) >= 11 is 5.52. The number of benzene rings is 2. The normalized spacial score (nSPS) is 11.0. The van der Waals surface area contributed by atoms with E-state index in [4.69, 9.17) is 17.0 Å². The average molecular weight is 399 g/mol. The molecule has 0 amide bonds. The Bertz CT molecular complexity index is 993. The average Bonchev–Trinajstić information content (AvgIpc) is 2.96. The zero-order valence-corrected chi connectivity index (χ0v) is 16.8. The van der Waals surface area contributed by atoms with Gasteiger partial charge in [-0.2, -0.15) is 5.10 Å². The van der Waals surface area contributed by atoms with Crippen molar-refractivity contribution in [1.82, 2.24) is 19.2 Å². The topological polar surface area (TPSA) is 35.2 Å². The first-order chi connectivity index (χ1) is 13.5. The lowest BCUT2D eigenvalue weighted by atomic mass is 10.2. The quantitative estimate of drug-likeness (QED) is 0.416. The summed E-state index contributed by atoms with van der Waals surface area (Å²) in [6.07, 6.45) is 1.72. The van der Waals surface area contributed by atoms with E-state index in [1.54, 1.807) is 22.9 Å². The van der Waals surface area contributed by atoms with Gasteiger partial charge in [-0.3, -0.25) is 4.90 Å². The third kappa shape index (κ3) is 4.74. The first-order valence-electron chi connectivity index (χ1n) is 8.89. The molecule has 1 heterocycles. The van der Waals surface area contributed by atoms with Crippen LogP contribution in [0.5, 0.6) is 5.75 Å². The van der Waals surface area contributed by atoms with Crippen LogP contribution >= 0.6 is 12.2 Å². The molecule has 5 nitrogen and oxygen atoms in total. The summed E-state index contributed by atoms with van der Waals surface area (Å²) in [5, 5.41) is 4.62. The van der Waals surface area contributed by atoms with Crippen molar-refractivity contribution in [3.63, 3.8) is 0 Å². The standard InChI is InChI=1S/C21H23FN4OS/c1-4-13-27-19-11-5-16(6-12-19)14-24(2)15-26-21(28)25(3)20(23-26)17-7-9-18(22)10-8-17/h4-12H,1,13-15H2,2-3H3. The van der Waals surface area contributed by atoms with Gasteiger partial charge in [0.15, 0.2) is 10.6 Å². The molecule has 28 heavy (non-hydrogen) atoms. The molecule has 3 aromatic rings. The second-order valence-corrected chi connectivity index (χ2v) is 6.94. The summed E-state index contributed by atoms with van der Waals surface area (Å²) in [4.78, 5) is 2.12. The third-order valence-electron chi connectivity index (χ3n) is 4.26. The van der Waals surface area contributed by atoms with E-state index in [2.05, 4.69) is 16.6 Å². The maximum Gasteiger partial charge on any atom is 0.199 e. The van der Waals surface area contributed by atoms with Crippen LogP contribution in [0.2, 0.25) is 0 Å². The second kappa shape index (κ2) is 8.95. The maximum atomic E-state index is 13.2. The molecule has 3 rings (SSSR count). The smallest absolute Gasteiger partial charge is 0.199 e. The molecule has 0 fully saturated rings. The summed E-state index contributed by atoms with van der Waals surface area (Å²) in [5.41, 5.74) is 1.99. The zero-order chi connectivity index (χ0) is 20.1. The lowest BCUT2D eigenvalue weighted by Crippen LogP contribution is -2.22. The molecule has 0 unspecified atom stereocenters. The van der Waals surface area contributed by atoms with E-state index < -0.39 is 0 Å². The molecule has 0 radical (unpaired) electrons. The van der Waals surface area contributed by atoms with Gasteiger partial charge in [0.1, 0.15) is 18.2 Å². The van der Waals surface area contributed by atoms with Crippen LogP contribution in [0, 0.1) is 10.6 Å². The van der Waals surface area contributed by atoms with Gasteiger partial charge in [-0.05, 0) is 61.2 Å². The Morgan fingerprint density at radius 3 is 2.50 bits per heavy atom. The summed E-state index contributed by atoms with van der Waals surface area (Å²) in [7, 11) is 3.88. The first-order valence-corrected chi connectivity index (χ1v) is 9.29. The first kappa shape index (κ1) is 20.0. The van der Waals surface area contributed by atoms with Crippen LogP contribution in [0.1, 0.15) is 5.56 Å².